The van der Waals surface area contributed by atoms with Gasteiger partial charge in [-0.15, -0.1) is 0 Å². The summed E-state index contributed by atoms with van der Waals surface area (Å²) in [5.74, 6) is 0.109. The molecule has 0 unspecified atom stereocenters. The van der Waals surface area contributed by atoms with Crippen LogP contribution in [0.15, 0.2) is 53.3 Å². The lowest BCUT2D eigenvalue weighted by molar-refractivity contribution is -0.117. The van der Waals surface area contributed by atoms with Crippen molar-refractivity contribution in [1.82, 2.24) is 14.9 Å². The van der Waals surface area contributed by atoms with E-state index < -0.39 is 0 Å². The van der Waals surface area contributed by atoms with Crippen molar-refractivity contribution in [3.8, 4) is 0 Å². The van der Waals surface area contributed by atoms with Crippen LogP contribution in [0.2, 0.25) is 0 Å². The second kappa shape index (κ2) is 7.82. The SMILES string of the molecule is O=C(CN1CCC(C(=O)c2ccccc2)CC1)Nc1ccc2[nH]c(=O)[nH]c2c1. The van der Waals surface area contributed by atoms with Crippen LogP contribution in [-0.2, 0) is 4.79 Å². The van der Waals surface area contributed by atoms with Gasteiger partial charge in [0.05, 0.1) is 17.6 Å². The molecule has 1 saturated heterocycles. The summed E-state index contributed by atoms with van der Waals surface area (Å²) in [6.45, 7) is 1.73. The summed E-state index contributed by atoms with van der Waals surface area (Å²) in [5.41, 5.74) is 2.49. The highest BCUT2D eigenvalue weighted by atomic mass is 16.2. The van der Waals surface area contributed by atoms with Crippen LogP contribution >= 0.6 is 0 Å². The Morgan fingerprint density at radius 2 is 1.71 bits per heavy atom. The molecule has 4 rings (SSSR count). The number of hydrogen-bond donors (Lipinski definition) is 3. The van der Waals surface area contributed by atoms with Gasteiger partial charge in [-0.2, -0.15) is 0 Å². The number of aromatic nitrogens is 2. The highest BCUT2D eigenvalue weighted by molar-refractivity contribution is 5.98. The van der Waals surface area contributed by atoms with E-state index in [1.807, 2.05) is 30.3 Å². The first-order valence-electron chi connectivity index (χ1n) is 9.42. The van der Waals surface area contributed by atoms with Crippen molar-refractivity contribution in [2.24, 2.45) is 5.92 Å². The number of aromatic amines is 2. The van der Waals surface area contributed by atoms with E-state index in [0.717, 1.165) is 31.5 Å². The van der Waals surface area contributed by atoms with Gasteiger partial charge in [0.15, 0.2) is 5.78 Å². The normalized spacial score (nSPS) is 15.6. The molecule has 2 aromatic carbocycles. The van der Waals surface area contributed by atoms with Crippen LogP contribution in [0.1, 0.15) is 23.2 Å². The maximum Gasteiger partial charge on any atom is 0.323 e. The van der Waals surface area contributed by atoms with Crippen LogP contribution in [0, 0.1) is 5.92 Å². The summed E-state index contributed by atoms with van der Waals surface area (Å²) in [5, 5.41) is 2.87. The Hall–Kier alpha value is -3.19. The first-order valence-corrected chi connectivity index (χ1v) is 9.42. The van der Waals surface area contributed by atoms with E-state index in [4.69, 9.17) is 0 Å². The third-order valence-electron chi connectivity index (χ3n) is 5.18. The summed E-state index contributed by atoms with van der Waals surface area (Å²) in [4.78, 5) is 43.7. The zero-order valence-corrected chi connectivity index (χ0v) is 15.4. The molecule has 1 amide bonds. The van der Waals surface area contributed by atoms with Crippen molar-refractivity contribution in [3.63, 3.8) is 0 Å². The molecule has 0 aliphatic carbocycles. The average molecular weight is 378 g/mol. The van der Waals surface area contributed by atoms with Crippen LogP contribution in [0.3, 0.4) is 0 Å². The molecule has 2 heterocycles. The molecule has 1 aliphatic heterocycles. The molecule has 3 N–H and O–H groups in total. The highest BCUT2D eigenvalue weighted by Crippen LogP contribution is 2.22. The molecule has 144 valence electrons. The number of piperidine rings is 1. The Labute approximate surface area is 161 Å². The van der Waals surface area contributed by atoms with Gasteiger partial charge in [0.1, 0.15) is 0 Å². The van der Waals surface area contributed by atoms with Gasteiger partial charge in [0.2, 0.25) is 5.91 Å². The van der Waals surface area contributed by atoms with Gasteiger partial charge in [-0.05, 0) is 44.1 Å². The number of likely N-dealkylation sites (tertiary alicyclic amines) is 1. The fourth-order valence-electron chi connectivity index (χ4n) is 3.71. The molecule has 7 heteroatoms. The summed E-state index contributed by atoms with van der Waals surface area (Å²) >= 11 is 0. The summed E-state index contributed by atoms with van der Waals surface area (Å²) < 4.78 is 0. The fourth-order valence-corrected chi connectivity index (χ4v) is 3.71. The molecule has 0 bridgehead atoms. The van der Waals surface area contributed by atoms with Gasteiger partial charge in [0.25, 0.3) is 0 Å². The number of fused-ring (bicyclic) bond motifs is 1. The molecule has 1 aromatic heterocycles. The molecule has 1 aliphatic rings. The van der Waals surface area contributed by atoms with Crippen molar-refractivity contribution < 1.29 is 9.59 Å². The van der Waals surface area contributed by atoms with E-state index in [1.165, 1.54) is 0 Å². The number of ketones is 1. The first-order chi connectivity index (χ1) is 13.6. The van der Waals surface area contributed by atoms with Crippen molar-refractivity contribution >= 4 is 28.4 Å². The van der Waals surface area contributed by atoms with Crippen molar-refractivity contribution in [2.45, 2.75) is 12.8 Å². The number of carbonyl (C=O) groups is 2. The van der Waals surface area contributed by atoms with Gasteiger partial charge in [0, 0.05) is 17.2 Å². The second-order valence-corrected chi connectivity index (χ2v) is 7.17. The van der Waals surface area contributed by atoms with Crippen LogP contribution in [0.5, 0.6) is 0 Å². The monoisotopic (exact) mass is 378 g/mol. The van der Waals surface area contributed by atoms with Gasteiger partial charge in [-0.3, -0.25) is 14.5 Å². The number of nitrogens with one attached hydrogen (secondary N) is 3. The molecule has 0 radical (unpaired) electrons. The lowest BCUT2D eigenvalue weighted by atomic mass is 9.89. The van der Waals surface area contributed by atoms with E-state index >= 15 is 0 Å². The van der Waals surface area contributed by atoms with Crippen LogP contribution in [-0.4, -0.2) is 46.2 Å². The summed E-state index contributed by atoms with van der Waals surface area (Å²) in [6, 6.07) is 14.6. The van der Waals surface area contributed by atoms with Crippen molar-refractivity contribution in [1.29, 1.82) is 0 Å². The minimum Gasteiger partial charge on any atom is -0.325 e. The number of hydrogen-bond acceptors (Lipinski definition) is 4. The van der Waals surface area contributed by atoms with Crippen molar-refractivity contribution in [2.75, 3.05) is 25.0 Å². The zero-order chi connectivity index (χ0) is 19.5. The first kappa shape index (κ1) is 18.2. The molecule has 0 saturated carbocycles. The second-order valence-electron chi connectivity index (χ2n) is 7.17. The highest BCUT2D eigenvalue weighted by Gasteiger charge is 2.26. The third kappa shape index (κ3) is 4.04. The number of amides is 1. The largest absolute Gasteiger partial charge is 0.325 e. The molecular weight excluding hydrogens is 356 g/mol. The molecule has 0 spiro atoms. The molecule has 1 fully saturated rings. The number of carbonyl (C=O) groups excluding carboxylic acids is 2. The number of anilines is 1. The number of benzene rings is 2. The lowest BCUT2D eigenvalue weighted by Gasteiger charge is -2.30. The molecule has 28 heavy (non-hydrogen) atoms. The molecule has 0 atom stereocenters. The minimum atomic E-state index is -0.272. The van der Waals surface area contributed by atoms with Gasteiger partial charge in [-0.25, -0.2) is 4.79 Å². The Bertz CT molecular complexity index is 1050. The quantitative estimate of drug-likeness (QED) is 0.594. The Morgan fingerprint density at radius 3 is 2.46 bits per heavy atom. The van der Waals surface area contributed by atoms with E-state index in [0.29, 0.717) is 16.7 Å². The maximum atomic E-state index is 12.6. The van der Waals surface area contributed by atoms with Gasteiger partial charge < -0.3 is 15.3 Å². The standard InChI is InChI=1S/C21H22N4O3/c26-19(22-16-6-7-17-18(12-16)24-21(28)23-17)13-25-10-8-15(9-11-25)20(27)14-4-2-1-3-5-14/h1-7,12,15H,8-11,13H2,(H,22,26)(H2,23,24,28). The van der Waals surface area contributed by atoms with Gasteiger partial charge >= 0.3 is 5.69 Å². The van der Waals surface area contributed by atoms with E-state index in [-0.39, 0.29) is 29.8 Å². The number of H-pyrrole nitrogens is 2. The van der Waals surface area contributed by atoms with Crippen molar-refractivity contribution in [3.05, 3.63) is 64.6 Å². The molecule has 7 nitrogen and oxygen atoms in total. The van der Waals surface area contributed by atoms with E-state index in [2.05, 4.69) is 20.2 Å². The van der Waals surface area contributed by atoms with E-state index in [9.17, 15) is 14.4 Å². The van der Waals surface area contributed by atoms with E-state index in [1.54, 1.807) is 18.2 Å². The van der Waals surface area contributed by atoms with Crippen LogP contribution < -0.4 is 11.0 Å². The lowest BCUT2D eigenvalue weighted by Crippen LogP contribution is -2.40. The summed E-state index contributed by atoms with van der Waals surface area (Å²) in [7, 11) is 0. The Morgan fingerprint density at radius 1 is 1.00 bits per heavy atom. The van der Waals surface area contributed by atoms with Crippen LogP contribution in [0.4, 0.5) is 5.69 Å². The van der Waals surface area contributed by atoms with Gasteiger partial charge in [-0.1, -0.05) is 30.3 Å². The Kier molecular flexibility index (Phi) is 5.08. The average Bonchev–Trinajstić information content (AvgIpc) is 3.08. The number of Topliss-reactive ketones (excluding diaryl/α,β-unsaturated/α-hetero) is 1. The third-order valence-corrected chi connectivity index (χ3v) is 5.18. The topological polar surface area (TPSA) is 98.1 Å². The Balaban J connectivity index is 1.29. The van der Waals surface area contributed by atoms with Crippen LogP contribution in [0.25, 0.3) is 11.0 Å². The number of nitrogens with zero attached hydrogens (tertiary/aromatic N) is 1. The number of imidazole rings is 1. The number of rotatable bonds is 5. The molecule has 3 aromatic rings. The minimum absolute atomic E-state index is 0.0227. The predicted octanol–water partition coefficient (Wildman–Crippen LogP) is 2.39. The fraction of sp³-hybridized carbons (Fsp3) is 0.286. The maximum absolute atomic E-state index is 12.6. The zero-order valence-electron chi connectivity index (χ0n) is 15.4. The summed E-state index contributed by atoms with van der Waals surface area (Å²) in [6.07, 6.45) is 1.52. The molecular formula is C21H22N4O3. The smallest absolute Gasteiger partial charge is 0.323 e. The predicted molar refractivity (Wildman–Crippen MR) is 107 cm³/mol.